The number of carbonyl (C=O) groups is 1. The standard InChI is InChI=1S/C17H19NO3/c1-2-18(15-9-5-3-6-10-15)13-17(20-14-19)21-16-11-7-4-8-12-16/h3-12,14,17H,2,13H2,1H3. The summed E-state index contributed by atoms with van der Waals surface area (Å²) in [5, 5.41) is 0. The minimum Gasteiger partial charge on any atom is -0.453 e. The van der Waals surface area contributed by atoms with Gasteiger partial charge in [-0.2, -0.15) is 0 Å². The Labute approximate surface area is 124 Å². The molecule has 0 amide bonds. The molecule has 110 valence electrons. The van der Waals surface area contributed by atoms with Crippen molar-refractivity contribution in [3.05, 3.63) is 60.7 Å². The molecule has 2 rings (SSSR count). The zero-order chi connectivity index (χ0) is 14.9. The zero-order valence-corrected chi connectivity index (χ0v) is 12.0. The fourth-order valence-electron chi connectivity index (χ4n) is 2.06. The Balaban J connectivity index is 2.05. The largest absolute Gasteiger partial charge is 0.453 e. The Morgan fingerprint density at radius 3 is 2.24 bits per heavy atom. The van der Waals surface area contributed by atoms with Gasteiger partial charge in [0.1, 0.15) is 5.75 Å². The van der Waals surface area contributed by atoms with Gasteiger partial charge in [-0.3, -0.25) is 4.79 Å². The summed E-state index contributed by atoms with van der Waals surface area (Å²) in [7, 11) is 0. The molecule has 0 aliphatic rings. The third-order valence-corrected chi connectivity index (χ3v) is 3.09. The molecule has 0 N–H and O–H groups in total. The van der Waals surface area contributed by atoms with Gasteiger partial charge in [-0.1, -0.05) is 36.4 Å². The monoisotopic (exact) mass is 285 g/mol. The molecule has 0 radical (unpaired) electrons. The number of hydrogen-bond donors (Lipinski definition) is 0. The lowest BCUT2D eigenvalue weighted by molar-refractivity contribution is -0.146. The molecule has 0 saturated heterocycles. The Hall–Kier alpha value is -2.49. The van der Waals surface area contributed by atoms with Gasteiger partial charge in [-0.25, -0.2) is 0 Å². The predicted octanol–water partition coefficient (Wildman–Crippen LogP) is 3.09. The average Bonchev–Trinajstić information content (AvgIpc) is 2.54. The summed E-state index contributed by atoms with van der Waals surface area (Å²) in [6.45, 7) is 3.73. The van der Waals surface area contributed by atoms with Crippen LogP contribution in [0, 0.1) is 0 Å². The van der Waals surface area contributed by atoms with E-state index in [2.05, 4.69) is 4.90 Å². The molecule has 2 aromatic carbocycles. The van der Waals surface area contributed by atoms with E-state index in [9.17, 15) is 4.79 Å². The molecule has 0 aromatic heterocycles. The predicted molar refractivity (Wildman–Crippen MR) is 82.3 cm³/mol. The van der Waals surface area contributed by atoms with Gasteiger partial charge in [0.25, 0.3) is 12.8 Å². The summed E-state index contributed by atoms with van der Waals surface area (Å²) in [5.74, 6) is 0.675. The Kier molecular flexibility index (Phi) is 5.64. The number of rotatable bonds is 8. The number of ether oxygens (including phenoxy) is 2. The van der Waals surface area contributed by atoms with Gasteiger partial charge in [-0.15, -0.1) is 0 Å². The molecule has 0 aliphatic heterocycles. The maximum Gasteiger partial charge on any atom is 0.296 e. The van der Waals surface area contributed by atoms with Crippen molar-refractivity contribution in [2.75, 3.05) is 18.0 Å². The lowest BCUT2D eigenvalue weighted by Gasteiger charge is -2.27. The Morgan fingerprint density at radius 1 is 1.05 bits per heavy atom. The number of hydrogen-bond acceptors (Lipinski definition) is 4. The second-order valence-corrected chi connectivity index (χ2v) is 4.47. The molecule has 1 atom stereocenters. The summed E-state index contributed by atoms with van der Waals surface area (Å²) in [6.07, 6.45) is -0.648. The number of anilines is 1. The van der Waals surface area contributed by atoms with Crippen LogP contribution < -0.4 is 9.64 Å². The van der Waals surface area contributed by atoms with Gasteiger partial charge in [0.2, 0.25) is 0 Å². The maximum absolute atomic E-state index is 10.7. The van der Waals surface area contributed by atoms with E-state index < -0.39 is 6.29 Å². The number of para-hydroxylation sites is 2. The molecule has 21 heavy (non-hydrogen) atoms. The number of benzene rings is 2. The third kappa shape index (κ3) is 4.53. The zero-order valence-electron chi connectivity index (χ0n) is 12.0. The molecule has 4 nitrogen and oxygen atoms in total. The number of likely N-dealkylation sites (N-methyl/N-ethyl adjacent to an activating group) is 1. The van der Waals surface area contributed by atoms with Crippen LogP contribution in [0.15, 0.2) is 60.7 Å². The molecule has 0 fully saturated rings. The van der Waals surface area contributed by atoms with Crippen LogP contribution in [0.5, 0.6) is 5.75 Å². The summed E-state index contributed by atoms with van der Waals surface area (Å²) in [6, 6.07) is 19.3. The lowest BCUT2D eigenvalue weighted by atomic mass is 10.3. The van der Waals surface area contributed by atoms with Crippen LogP contribution in [-0.4, -0.2) is 25.9 Å². The van der Waals surface area contributed by atoms with E-state index in [0.717, 1.165) is 12.2 Å². The normalized spacial score (nSPS) is 11.5. The minimum atomic E-state index is -0.648. The Morgan fingerprint density at radius 2 is 1.67 bits per heavy atom. The van der Waals surface area contributed by atoms with Crippen molar-refractivity contribution in [1.82, 2.24) is 0 Å². The topological polar surface area (TPSA) is 38.8 Å². The van der Waals surface area contributed by atoms with Crippen LogP contribution in [0.1, 0.15) is 6.92 Å². The van der Waals surface area contributed by atoms with Gasteiger partial charge in [0.15, 0.2) is 0 Å². The van der Waals surface area contributed by atoms with Gasteiger partial charge in [0, 0.05) is 12.2 Å². The van der Waals surface area contributed by atoms with Gasteiger partial charge in [-0.05, 0) is 31.2 Å². The quantitative estimate of drug-likeness (QED) is 0.552. The highest BCUT2D eigenvalue weighted by Gasteiger charge is 2.16. The van der Waals surface area contributed by atoms with Crippen molar-refractivity contribution < 1.29 is 14.3 Å². The summed E-state index contributed by atoms with van der Waals surface area (Å²) in [4.78, 5) is 12.8. The maximum atomic E-state index is 10.7. The molecule has 4 heteroatoms. The highest BCUT2D eigenvalue weighted by Crippen LogP contribution is 2.16. The molecule has 0 bridgehead atoms. The molecule has 0 saturated carbocycles. The van der Waals surface area contributed by atoms with Crippen molar-refractivity contribution >= 4 is 12.2 Å². The second-order valence-electron chi connectivity index (χ2n) is 4.47. The SMILES string of the molecule is CCN(CC(OC=O)Oc1ccccc1)c1ccccc1. The van der Waals surface area contributed by atoms with E-state index in [4.69, 9.17) is 9.47 Å². The first-order chi connectivity index (χ1) is 10.3. The van der Waals surface area contributed by atoms with Gasteiger partial charge >= 0.3 is 0 Å². The van der Waals surface area contributed by atoms with E-state index >= 15 is 0 Å². The average molecular weight is 285 g/mol. The molecule has 0 heterocycles. The first-order valence-corrected chi connectivity index (χ1v) is 6.94. The number of nitrogens with zero attached hydrogens (tertiary/aromatic N) is 1. The summed E-state index contributed by atoms with van der Waals surface area (Å²) >= 11 is 0. The van der Waals surface area contributed by atoms with Crippen LogP contribution in [0.2, 0.25) is 0 Å². The van der Waals surface area contributed by atoms with Crippen molar-refractivity contribution in [3.63, 3.8) is 0 Å². The van der Waals surface area contributed by atoms with E-state index in [1.807, 2.05) is 67.6 Å². The second kappa shape index (κ2) is 7.94. The first-order valence-electron chi connectivity index (χ1n) is 6.94. The van der Waals surface area contributed by atoms with Crippen LogP contribution in [0.3, 0.4) is 0 Å². The molecule has 0 aliphatic carbocycles. The van der Waals surface area contributed by atoms with E-state index in [-0.39, 0.29) is 0 Å². The highest BCUT2D eigenvalue weighted by molar-refractivity contribution is 5.46. The molecule has 0 spiro atoms. The van der Waals surface area contributed by atoms with Crippen LogP contribution in [-0.2, 0) is 9.53 Å². The van der Waals surface area contributed by atoms with Gasteiger partial charge in [0.05, 0.1) is 6.54 Å². The molecular formula is C17H19NO3. The molecule has 2 aromatic rings. The molecular weight excluding hydrogens is 266 g/mol. The van der Waals surface area contributed by atoms with Crippen LogP contribution in [0.4, 0.5) is 5.69 Å². The van der Waals surface area contributed by atoms with Crippen molar-refractivity contribution in [3.8, 4) is 5.75 Å². The van der Waals surface area contributed by atoms with Gasteiger partial charge < -0.3 is 14.4 Å². The highest BCUT2D eigenvalue weighted by atomic mass is 16.7. The van der Waals surface area contributed by atoms with Crippen LogP contribution >= 0.6 is 0 Å². The summed E-state index contributed by atoms with van der Waals surface area (Å²) < 4.78 is 10.8. The first kappa shape index (κ1) is 14.9. The molecule has 1 unspecified atom stereocenters. The fourth-order valence-corrected chi connectivity index (χ4v) is 2.06. The van der Waals surface area contributed by atoms with E-state index in [0.29, 0.717) is 18.8 Å². The number of carbonyl (C=O) groups excluding carboxylic acids is 1. The van der Waals surface area contributed by atoms with Crippen molar-refractivity contribution in [2.45, 2.75) is 13.2 Å². The van der Waals surface area contributed by atoms with Crippen LogP contribution in [0.25, 0.3) is 0 Å². The lowest BCUT2D eigenvalue weighted by Crippen LogP contribution is -2.37. The van der Waals surface area contributed by atoms with E-state index in [1.165, 1.54) is 0 Å². The van der Waals surface area contributed by atoms with E-state index in [1.54, 1.807) is 0 Å². The van der Waals surface area contributed by atoms with Crippen molar-refractivity contribution in [1.29, 1.82) is 0 Å². The van der Waals surface area contributed by atoms with Crippen molar-refractivity contribution in [2.24, 2.45) is 0 Å². The fraction of sp³-hybridized carbons (Fsp3) is 0.235. The smallest absolute Gasteiger partial charge is 0.296 e. The minimum absolute atomic E-state index is 0.423. The Bertz CT molecular complexity index is 530. The third-order valence-electron chi connectivity index (χ3n) is 3.09. The summed E-state index contributed by atoms with van der Waals surface area (Å²) in [5.41, 5.74) is 1.07.